The molecule has 5 rings (SSSR count). The summed E-state index contributed by atoms with van der Waals surface area (Å²) in [5, 5.41) is 2.79. The van der Waals surface area contributed by atoms with E-state index in [9.17, 15) is 4.79 Å². The van der Waals surface area contributed by atoms with E-state index in [4.69, 9.17) is 16.3 Å². The van der Waals surface area contributed by atoms with E-state index >= 15 is 0 Å². The standard InChI is InChI=1S/C19H18ClN3O2/c20-18-13(12-3-4-14-16(24)7-8-25-17(14)9-12)5-6-15-19(18)21-22-23(15)10-11-1-2-11/h3-6,9,11,21-22H,1-2,7-8,10H2. The molecule has 2 aliphatic heterocycles. The van der Waals surface area contributed by atoms with Gasteiger partial charge in [-0.05, 0) is 42.5 Å². The highest BCUT2D eigenvalue weighted by Crippen LogP contribution is 2.44. The van der Waals surface area contributed by atoms with Gasteiger partial charge in [0, 0.05) is 18.5 Å². The number of carbonyl (C=O) groups excluding carboxylic acids is 1. The summed E-state index contributed by atoms with van der Waals surface area (Å²) in [5.41, 5.74) is 10.9. The predicted molar refractivity (Wildman–Crippen MR) is 98.2 cm³/mol. The lowest BCUT2D eigenvalue weighted by molar-refractivity contribution is 0.0933. The van der Waals surface area contributed by atoms with Crippen molar-refractivity contribution in [3.63, 3.8) is 0 Å². The number of carbonyl (C=O) groups is 1. The summed E-state index contributed by atoms with van der Waals surface area (Å²) in [6.07, 6.45) is 3.04. The Balaban J connectivity index is 1.52. The smallest absolute Gasteiger partial charge is 0.169 e. The molecule has 3 aliphatic rings. The van der Waals surface area contributed by atoms with Gasteiger partial charge in [0.25, 0.3) is 0 Å². The van der Waals surface area contributed by atoms with Gasteiger partial charge in [-0.1, -0.05) is 23.7 Å². The van der Waals surface area contributed by atoms with Gasteiger partial charge in [0.2, 0.25) is 0 Å². The Morgan fingerprint density at radius 3 is 2.88 bits per heavy atom. The van der Waals surface area contributed by atoms with E-state index in [0.29, 0.717) is 29.4 Å². The molecular formula is C19H18ClN3O2. The number of ether oxygens (including phenoxy) is 1. The van der Waals surface area contributed by atoms with Crippen LogP contribution in [0.4, 0.5) is 11.4 Å². The minimum Gasteiger partial charge on any atom is -0.492 e. The summed E-state index contributed by atoms with van der Waals surface area (Å²) in [5.74, 6) is 1.55. The van der Waals surface area contributed by atoms with Gasteiger partial charge in [0.15, 0.2) is 5.78 Å². The summed E-state index contributed by atoms with van der Waals surface area (Å²) in [6, 6.07) is 9.79. The third-order valence-electron chi connectivity index (χ3n) is 5.04. The number of anilines is 2. The quantitative estimate of drug-likeness (QED) is 0.870. The maximum absolute atomic E-state index is 12.0. The Labute approximate surface area is 150 Å². The third-order valence-corrected chi connectivity index (χ3v) is 5.44. The molecule has 2 aromatic rings. The molecule has 0 atom stereocenters. The van der Waals surface area contributed by atoms with E-state index in [2.05, 4.69) is 22.0 Å². The van der Waals surface area contributed by atoms with E-state index in [0.717, 1.165) is 35.0 Å². The van der Waals surface area contributed by atoms with Crippen molar-refractivity contribution < 1.29 is 9.53 Å². The van der Waals surface area contributed by atoms with Gasteiger partial charge in [-0.15, -0.1) is 5.53 Å². The molecule has 1 aliphatic carbocycles. The molecular weight excluding hydrogens is 338 g/mol. The van der Waals surface area contributed by atoms with E-state index in [-0.39, 0.29) is 5.78 Å². The average molecular weight is 356 g/mol. The van der Waals surface area contributed by atoms with Crippen molar-refractivity contribution >= 4 is 28.8 Å². The number of hydrogen-bond donors (Lipinski definition) is 2. The molecule has 0 aromatic heterocycles. The average Bonchev–Trinajstić information content (AvgIpc) is 3.34. The van der Waals surface area contributed by atoms with Crippen LogP contribution in [0.2, 0.25) is 5.02 Å². The van der Waals surface area contributed by atoms with Crippen molar-refractivity contribution in [2.24, 2.45) is 5.92 Å². The van der Waals surface area contributed by atoms with Gasteiger partial charge in [-0.2, -0.15) is 0 Å². The highest BCUT2D eigenvalue weighted by atomic mass is 35.5. The van der Waals surface area contributed by atoms with Crippen molar-refractivity contribution in [3.05, 3.63) is 40.9 Å². The molecule has 1 saturated carbocycles. The van der Waals surface area contributed by atoms with Gasteiger partial charge in [-0.3, -0.25) is 9.80 Å². The number of hydrogen-bond acceptors (Lipinski definition) is 5. The molecule has 0 spiro atoms. The maximum Gasteiger partial charge on any atom is 0.169 e. The molecule has 0 radical (unpaired) electrons. The largest absolute Gasteiger partial charge is 0.492 e. The Bertz CT molecular complexity index is 879. The number of nitrogens with zero attached hydrogens (tertiary/aromatic N) is 1. The first-order chi connectivity index (χ1) is 12.2. The zero-order valence-corrected chi connectivity index (χ0v) is 14.4. The zero-order chi connectivity index (χ0) is 17.0. The fraction of sp³-hybridized carbons (Fsp3) is 0.316. The van der Waals surface area contributed by atoms with Gasteiger partial charge >= 0.3 is 0 Å². The topological polar surface area (TPSA) is 53.6 Å². The minimum atomic E-state index is 0.134. The number of rotatable bonds is 3. The fourth-order valence-electron chi connectivity index (χ4n) is 3.45. The molecule has 2 N–H and O–H groups in total. The van der Waals surface area contributed by atoms with Crippen LogP contribution >= 0.6 is 11.6 Å². The molecule has 0 amide bonds. The molecule has 2 aromatic carbocycles. The van der Waals surface area contributed by atoms with Crippen LogP contribution in [0, 0.1) is 5.92 Å². The molecule has 0 bridgehead atoms. The number of hydrazine groups is 2. The second-order valence-electron chi connectivity index (χ2n) is 6.84. The van der Waals surface area contributed by atoms with Gasteiger partial charge in [-0.25, -0.2) is 0 Å². The van der Waals surface area contributed by atoms with Gasteiger partial charge in [0.1, 0.15) is 5.75 Å². The lowest BCUT2D eigenvalue weighted by atomic mass is 9.98. The number of fused-ring (bicyclic) bond motifs is 2. The van der Waals surface area contributed by atoms with Gasteiger partial charge in [0.05, 0.1) is 28.6 Å². The summed E-state index contributed by atoms with van der Waals surface area (Å²) in [7, 11) is 0. The third kappa shape index (κ3) is 2.55. The predicted octanol–water partition coefficient (Wildman–Crippen LogP) is 4.03. The van der Waals surface area contributed by atoms with E-state index in [1.165, 1.54) is 12.8 Å². The summed E-state index contributed by atoms with van der Waals surface area (Å²) in [4.78, 5) is 12.0. The van der Waals surface area contributed by atoms with E-state index in [1.807, 2.05) is 24.3 Å². The lowest BCUT2D eigenvalue weighted by Gasteiger charge is -2.18. The lowest BCUT2D eigenvalue weighted by Crippen LogP contribution is -2.37. The highest BCUT2D eigenvalue weighted by Gasteiger charge is 2.30. The SMILES string of the molecule is O=C1CCOc2cc(-c3ccc4c(c3Cl)NNN4CC3CC3)ccc21. The molecule has 2 heterocycles. The van der Waals surface area contributed by atoms with E-state index < -0.39 is 0 Å². The van der Waals surface area contributed by atoms with Crippen LogP contribution in [0.25, 0.3) is 11.1 Å². The first-order valence-electron chi connectivity index (χ1n) is 8.63. The fourth-order valence-corrected chi connectivity index (χ4v) is 3.76. The van der Waals surface area contributed by atoms with Crippen LogP contribution in [-0.4, -0.2) is 18.9 Å². The Kier molecular flexibility index (Phi) is 3.40. The Hall–Kier alpha value is -2.24. The number of ketones is 1. The summed E-state index contributed by atoms with van der Waals surface area (Å²) >= 11 is 6.68. The Morgan fingerprint density at radius 1 is 1.20 bits per heavy atom. The van der Waals surface area contributed by atoms with E-state index in [1.54, 1.807) is 0 Å². The number of halogens is 1. The minimum absolute atomic E-state index is 0.134. The molecule has 1 fully saturated rings. The molecule has 0 saturated heterocycles. The van der Waals surface area contributed by atoms with Crippen molar-refractivity contribution in [1.29, 1.82) is 0 Å². The van der Waals surface area contributed by atoms with Crippen molar-refractivity contribution in [3.8, 4) is 16.9 Å². The van der Waals surface area contributed by atoms with Crippen LogP contribution in [-0.2, 0) is 0 Å². The molecule has 5 nitrogen and oxygen atoms in total. The van der Waals surface area contributed by atoms with Crippen LogP contribution in [0.1, 0.15) is 29.6 Å². The van der Waals surface area contributed by atoms with Crippen molar-refractivity contribution in [2.45, 2.75) is 19.3 Å². The summed E-state index contributed by atoms with van der Waals surface area (Å²) in [6.45, 7) is 1.43. The van der Waals surface area contributed by atoms with Crippen molar-refractivity contribution in [1.82, 2.24) is 5.53 Å². The van der Waals surface area contributed by atoms with Crippen LogP contribution in [0.15, 0.2) is 30.3 Å². The molecule has 0 unspecified atom stereocenters. The number of Topliss-reactive ketones (excluding diaryl/α,β-unsaturated/α-hetero) is 1. The number of benzene rings is 2. The normalized spacial score (nSPS) is 18.4. The maximum atomic E-state index is 12.0. The summed E-state index contributed by atoms with van der Waals surface area (Å²) < 4.78 is 5.66. The molecule has 128 valence electrons. The Morgan fingerprint density at radius 2 is 2.04 bits per heavy atom. The first kappa shape index (κ1) is 15.0. The highest BCUT2D eigenvalue weighted by molar-refractivity contribution is 6.37. The zero-order valence-electron chi connectivity index (χ0n) is 13.6. The first-order valence-corrected chi connectivity index (χ1v) is 9.00. The van der Waals surface area contributed by atoms with Crippen LogP contribution in [0.5, 0.6) is 5.75 Å². The van der Waals surface area contributed by atoms with Crippen LogP contribution < -0.4 is 20.7 Å². The number of nitrogens with one attached hydrogen (secondary N) is 2. The second kappa shape index (κ2) is 5.64. The molecule has 25 heavy (non-hydrogen) atoms. The molecule has 6 heteroatoms. The monoisotopic (exact) mass is 355 g/mol. The van der Waals surface area contributed by atoms with Crippen molar-refractivity contribution in [2.75, 3.05) is 23.6 Å². The second-order valence-corrected chi connectivity index (χ2v) is 7.22. The van der Waals surface area contributed by atoms with Crippen LogP contribution in [0.3, 0.4) is 0 Å². The van der Waals surface area contributed by atoms with Gasteiger partial charge < -0.3 is 10.2 Å².